The van der Waals surface area contributed by atoms with Crippen LogP contribution in [-0.4, -0.2) is 26.9 Å². The van der Waals surface area contributed by atoms with Crippen LogP contribution in [0.2, 0.25) is 5.02 Å². The SMILES string of the molecule is O=C([O-])CCNS(=O)(=O)c1ccc(Cl)c(C(=O)[O-])c1. The van der Waals surface area contributed by atoms with E-state index >= 15 is 0 Å². The molecular formula is C10H8ClNO6S-2. The average molecular weight is 306 g/mol. The third kappa shape index (κ3) is 4.19. The molecule has 0 saturated carbocycles. The third-order valence-corrected chi connectivity index (χ3v) is 3.88. The Balaban J connectivity index is 2.99. The number of nitrogens with one attached hydrogen (secondary N) is 1. The summed E-state index contributed by atoms with van der Waals surface area (Å²) in [5.74, 6) is -3.02. The van der Waals surface area contributed by atoms with E-state index in [1.54, 1.807) is 0 Å². The Morgan fingerprint density at radius 1 is 1.26 bits per heavy atom. The van der Waals surface area contributed by atoms with Crippen molar-refractivity contribution in [2.75, 3.05) is 6.54 Å². The van der Waals surface area contributed by atoms with Gasteiger partial charge in [0.2, 0.25) is 10.0 Å². The molecule has 0 aliphatic carbocycles. The predicted octanol–water partition coefficient (Wildman–Crippen LogP) is -1.88. The van der Waals surface area contributed by atoms with E-state index in [1.807, 2.05) is 4.72 Å². The van der Waals surface area contributed by atoms with E-state index in [4.69, 9.17) is 11.6 Å². The summed E-state index contributed by atoms with van der Waals surface area (Å²) in [6, 6.07) is 3.02. The topological polar surface area (TPSA) is 126 Å². The number of halogens is 1. The maximum atomic E-state index is 11.7. The molecule has 9 heteroatoms. The van der Waals surface area contributed by atoms with Crippen LogP contribution in [0.15, 0.2) is 23.1 Å². The van der Waals surface area contributed by atoms with E-state index in [-0.39, 0.29) is 16.5 Å². The van der Waals surface area contributed by atoms with Crippen LogP contribution in [0.4, 0.5) is 0 Å². The van der Waals surface area contributed by atoms with Gasteiger partial charge < -0.3 is 19.8 Å². The number of aromatic carboxylic acids is 1. The number of carbonyl (C=O) groups is 2. The third-order valence-electron chi connectivity index (χ3n) is 2.09. The number of carboxylic acid groups (broad SMARTS) is 2. The number of carbonyl (C=O) groups excluding carboxylic acids is 2. The maximum absolute atomic E-state index is 11.7. The minimum Gasteiger partial charge on any atom is -0.550 e. The Hall–Kier alpha value is -1.64. The molecule has 0 heterocycles. The monoisotopic (exact) mass is 305 g/mol. The summed E-state index contributed by atoms with van der Waals surface area (Å²) in [6.07, 6.45) is -0.500. The van der Waals surface area contributed by atoms with Crippen LogP contribution < -0.4 is 14.9 Å². The molecule has 1 aromatic rings. The van der Waals surface area contributed by atoms with Crippen molar-refractivity contribution in [2.45, 2.75) is 11.3 Å². The van der Waals surface area contributed by atoms with E-state index in [9.17, 15) is 28.2 Å². The van der Waals surface area contributed by atoms with Gasteiger partial charge in [0.05, 0.1) is 10.9 Å². The Labute approximate surface area is 113 Å². The van der Waals surface area contributed by atoms with Crippen LogP contribution in [0.3, 0.4) is 0 Å². The smallest absolute Gasteiger partial charge is 0.240 e. The van der Waals surface area contributed by atoms with Gasteiger partial charge in [0.15, 0.2) is 0 Å². The van der Waals surface area contributed by atoms with Crippen molar-refractivity contribution in [3.05, 3.63) is 28.8 Å². The molecule has 0 unspecified atom stereocenters. The Morgan fingerprint density at radius 3 is 2.42 bits per heavy atom. The summed E-state index contributed by atoms with van der Waals surface area (Å²) in [4.78, 5) is 20.5. The van der Waals surface area contributed by atoms with Gasteiger partial charge in [-0.3, -0.25) is 0 Å². The highest BCUT2D eigenvalue weighted by Gasteiger charge is 2.15. The summed E-state index contributed by atoms with van der Waals surface area (Å²) in [7, 11) is -4.02. The van der Waals surface area contributed by atoms with Gasteiger partial charge in [-0.05, 0) is 18.2 Å². The molecule has 0 bridgehead atoms. The second-order valence-electron chi connectivity index (χ2n) is 3.45. The number of sulfonamides is 1. The fraction of sp³-hybridized carbons (Fsp3) is 0.200. The van der Waals surface area contributed by atoms with Gasteiger partial charge in [0, 0.05) is 29.5 Å². The highest BCUT2D eigenvalue weighted by molar-refractivity contribution is 7.89. The number of rotatable bonds is 6. The lowest BCUT2D eigenvalue weighted by molar-refractivity contribution is -0.305. The highest BCUT2D eigenvalue weighted by atomic mass is 35.5. The average Bonchev–Trinajstić information content (AvgIpc) is 2.27. The van der Waals surface area contributed by atoms with Crippen molar-refractivity contribution in [1.82, 2.24) is 4.72 Å². The standard InChI is InChI=1S/C10H10ClNO6S/c11-8-2-1-6(5-7(8)10(15)16)19(17,18)12-4-3-9(13)14/h1-2,5,12H,3-4H2,(H,13,14)(H,15,16)/p-2. The Bertz CT molecular complexity index is 612. The minimum absolute atomic E-state index is 0.159. The molecule has 1 N–H and O–H groups in total. The molecule has 0 atom stereocenters. The van der Waals surface area contributed by atoms with E-state index in [0.29, 0.717) is 0 Å². The second-order valence-corrected chi connectivity index (χ2v) is 5.62. The lowest BCUT2D eigenvalue weighted by Crippen LogP contribution is -2.31. The molecule has 0 aromatic heterocycles. The maximum Gasteiger partial charge on any atom is 0.240 e. The van der Waals surface area contributed by atoms with E-state index in [0.717, 1.165) is 18.2 Å². The highest BCUT2D eigenvalue weighted by Crippen LogP contribution is 2.19. The fourth-order valence-electron chi connectivity index (χ4n) is 1.20. The zero-order valence-electron chi connectivity index (χ0n) is 9.38. The normalized spacial score (nSPS) is 11.2. The van der Waals surface area contributed by atoms with Gasteiger partial charge in [0.1, 0.15) is 0 Å². The van der Waals surface area contributed by atoms with Crippen LogP contribution in [-0.2, 0) is 14.8 Å². The van der Waals surface area contributed by atoms with Crippen molar-refractivity contribution >= 4 is 33.6 Å². The summed E-state index contributed by atoms with van der Waals surface area (Å²) >= 11 is 5.57. The number of benzene rings is 1. The van der Waals surface area contributed by atoms with Gasteiger partial charge >= 0.3 is 0 Å². The zero-order valence-corrected chi connectivity index (χ0v) is 11.0. The number of hydrogen-bond donors (Lipinski definition) is 1. The lowest BCUT2D eigenvalue weighted by atomic mass is 10.2. The van der Waals surface area contributed by atoms with Gasteiger partial charge in [-0.25, -0.2) is 13.1 Å². The molecule has 0 spiro atoms. The Morgan fingerprint density at radius 2 is 1.89 bits per heavy atom. The first-order valence-electron chi connectivity index (χ1n) is 4.94. The first-order chi connectivity index (χ1) is 8.74. The number of hydrogen-bond acceptors (Lipinski definition) is 6. The van der Waals surface area contributed by atoms with Crippen LogP contribution in [0.5, 0.6) is 0 Å². The lowest BCUT2D eigenvalue weighted by Gasteiger charge is -2.10. The first-order valence-corrected chi connectivity index (χ1v) is 6.80. The van der Waals surface area contributed by atoms with E-state index < -0.39 is 33.9 Å². The molecule has 0 aliphatic rings. The van der Waals surface area contributed by atoms with Crippen LogP contribution in [0.25, 0.3) is 0 Å². The second kappa shape index (κ2) is 6.00. The summed E-state index contributed by atoms with van der Waals surface area (Å²) < 4.78 is 25.4. The molecule has 104 valence electrons. The zero-order chi connectivity index (χ0) is 14.6. The van der Waals surface area contributed by atoms with Crippen LogP contribution in [0.1, 0.15) is 16.8 Å². The number of aliphatic carboxylic acids is 1. The van der Waals surface area contributed by atoms with Crippen LogP contribution >= 0.6 is 11.6 Å². The van der Waals surface area contributed by atoms with Crippen LogP contribution in [0, 0.1) is 0 Å². The van der Waals surface area contributed by atoms with E-state index in [2.05, 4.69) is 0 Å². The van der Waals surface area contributed by atoms with Crippen molar-refractivity contribution in [3.63, 3.8) is 0 Å². The molecule has 0 saturated heterocycles. The molecule has 0 radical (unpaired) electrons. The van der Waals surface area contributed by atoms with Crippen molar-refractivity contribution in [1.29, 1.82) is 0 Å². The van der Waals surface area contributed by atoms with Gasteiger partial charge in [0.25, 0.3) is 0 Å². The summed E-state index contributed by atoms with van der Waals surface area (Å²) in [5, 5.41) is 20.7. The van der Waals surface area contributed by atoms with Gasteiger partial charge in [-0.15, -0.1) is 0 Å². The largest absolute Gasteiger partial charge is 0.550 e. The molecule has 1 aromatic carbocycles. The first kappa shape index (κ1) is 15.4. The summed E-state index contributed by atoms with van der Waals surface area (Å²) in [6.45, 7) is -0.367. The van der Waals surface area contributed by atoms with E-state index in [1.165, 1.54) is 0 Å². The number of carboxylic acids is 2. The molecular weight excluding hydrogens is 298 g/mol. The predicted molar refractivity (Wildman–Crippen MR) is 60.6 cm³/mol. The molecule has 7 nitrogen and oxygen atoms in total. The fourth-order valence-corrected chi connectivity index (χ4v) is 2.45. The molecule has 0 amide bonds. The molecule has 19 heavy (non-hydrogen) atoms. The Kier molecular flexibility index (Phi) is 4.87. The van der Waals surface area contributed by atoms with Crippen molar-refractivity contribution < 1.29 is 28.2 Å². The molecule has 0 fully saturated rings. The molecule has 0 aliphatic heterocycles. The van der Waals surface area contributed by atoms with Gasteiger partial charge in [-0.2, -0.15) is 0 Å². The molecule has 1 rings (SSSR count). The van der Waals surface area contributed by atoms with Gasteiger partial charge in [-0.1, -0.05) is 11.6 Å². The minimum atomic E-state index is -4.02. The summed E-state index contributed by atoms with van der Waals surface area (Å²) in [5.41, 5.74) is -0.468. The quantitative estimate of drug-likeness (QED) is 0.655. The van der Waals surface area contributed by atoms with Crippen molar-refractivity contribution in [3.8, 4) is 0 Å². The van der Waals surface area contributed by atoms with Crippen molar-refractivity contribution in [2.24, 2.45) is 0 Å².